The van der Waals surface area contributed by atoms with Gasteiger partial charge in [-0.2, -0.15) is 5.01 Å². The van der Waals surface area contributed by atoms with Crippen molar-refractivity contribution in [3.63, 3.8) is 0 Å². The summed E-state index contributed by atoms with van der Waals surface area (Å²) in [6.45, 7) is 2.57. The Morgan fingerprint density at radius 1 is 1.45 bits per heavy atom. The van der Waals surface area contributed by atoms with Crippen LogP contribution in [0.15, 0.2) is 22.7 Å². The first kappa shape index (κ1) is 15.6. The van der Waals surface area contributed by atoms with E-state index >= 15 is 0 Å². The maximum absolute atomic E-state index is 11.5. The van der Waals surface area contributed by atoms with Crippen molar-refractivity contribution in [2.45, 2.75) is 26.3 Å². The van der Waals surface area contributed by atoms with E-state index in [0.717, 1.165) is 5.01 Å². The summed E-state index contributed by atoms with van der Waals surface area (Å²) >= 11 is 0. The van der Waals surface area contributed by atoms with Crippen molar-refractivity contribution in [1.82, 2.24) is 24.5 Å². The van der Waals surface area contributed by atoms with E-state index in [0.29, 0.717) is 25.0 Å². The van der Waals surface area contributed by atoms with E-state index in [1.807, 2.05) is 0 Å². The van der Waals surface area contributed by atoms with E-state index in [1.54, 1.807) is 11.5 Å². The molecule has 0 spiro atoms. The second-order valence-corrected chi connectivity index (χ2v) is 4.45. The number of ether oxygens (including phenoxy) is 1. The van der Waals surface area contributed by atoms with E-state index < -0.39 is 6.09 Å². The van der Waals surface area contributed by atoms with Crippen LogP contribution >= 0.6 is 0 Å². The Morgan fingerprint density at radius 3 is 3.00 bits per heavy atom. The first-order chi connectivity index (χ1) is 10.7. The molecule has 2 heterocycles. The number of unbranched alkanes of at least 4 members (excludes halogenated alkanes) is 1. The van der Waals surface area contributed by atoms with Crippen molar-refractivity contribution in [3.05, 3.63) is 27.9 Å². The molecule has 1 amide bonds. The zero-order valence-electron chi connectivity index (χ0n) is 12.1. The Balaban J connectivity index is 1.88. The fourth-order valence-electron chi connectivity index (χ4n) is 1.96. The molecule has 0 saturated heterocycles. The van der Waals surface area contributed by atoms with Gasteiger partial charge in [0.2, 0.25) is 0 Å². The summed E-state index contributed by atoms with van der Waals surface area (Å²) in [7, 11) is 0. The third kappa shape index (κ3) is 3.45. The molecule has 0 saturated carbocycles. The minimum absolute atomic E-state index is 0.170. The number of nitrogens with one attached hydrogen (secondary N) is 1. The standard InChI is InChI=1S/C12H16N6O4/c1-2-22-12(20)18(16-21)6-4-3-5-17-8-15-9-10(17)13-7-14-11(9)19/h7-8H,2-6H2,1H3,(H,13,14,19). The number of H-pyrrole nitrogens is 1. The number of hydrogen-bond acceptors (Lipinski definition) is 7. The molecule has 22 heavy (non-hydrogen) atoms. The van der Waals surface area contributed by atoms with Crippen LogP contribution in [0.3, 0.4) is 0 Å². The van der Waals surface area contributed by atoms with Crippen LogP contribution in [0.25, 0.3) is 11.2 Å². The lowest BCUT2D eigenvalue weighted by atomic mass is 10.3. The SMILES string of the molecule is CCOC(=O)N(CCCCn1cnc2c(=O)[nH]cnc21)N=O. The van der Waals surface area contributed by atoms with E-state index in [4.69, 9.17) is 4.74 Å². The summed E-state index contributed by atoms with van der Waals surface area (Å²) in [5.74, 6) is 0. The van der Waals surface area contributed by atoms with Gasteiger partial charge in [0.1, 0.15) is 0 Å². The molecule has 0 fully saturated rings. The van der Waals surface area contributed by atoms with Crippen LogP contribution in [-0.2, 0) is 11.3 Å². The monoisotopic (exact) mass is 308 g/mol. The number of aromatic amines is 1. The number of fused-ring (bicyclic) bond motifs is 1. The van der Waals surface area contributed by atoms with Gasteiger partial charge in [-0.1, -0.05) is 0 Å². The van der Waals surface area contributed by atoms with Crippen LogP contribution in [0.2, 0.25) is 0 Å². The summed E-state index contributed by atoms with van der Waals surface area (Å²) in [6.07, 6.45) is 3.31. The minimum atomic E-state index is -0.751. The molecule has 2 rings (SSSR count). The maximum Gasteiger partial charge on any atom is 0.432 e. The van der Waals surface area contributed by atoms with E-state index in [-0.39, 0.29) is 24.2 Å². The molecule has 0 aliphatic carbocycles. The van der Waals surface area contributed by atoms with Crippen molar-refractivity contribution in [1.29, 1.82) is 0 Å². The van der Waals surface area contributed by atoms with Crippen LogP contribution < -0.4 is 5.56 Å². The zero-order valence-corrected chi connectivity index (χ0v) is 12.1. The highest BCUT2D eigenvalue weighted by Gasteiger charge is 2.14. The van der Waals surface area contributed by atoms with Crippen LogP contribution in [0.4, 0.5) is 4.79 Å². The number of imidazole rings is 1. The van der Waals surface area contributed by atoms with Crippen molar-refractivity contribution in [3.8, 4) is 0 Å². The van der Waals surface area contributed by atoms with Gasteiger partial charge in [-0.3, -0.25) is 4.79 Å². The first-order valence-electron chi connectivity index (χ1n) is 6.83. The maximum atomic E-state index is 11.5. The number of rotatable bonds is 7. The van der Waals surface area contributed by atoms with Gasteiger partial charge in [0.15, 0.2) is 11.2 Å². The molecule has 118 valence electrons. The third-order valence-corrected chi connectivity index (χ3v) is 3.00. The number of carbonyl (C=O) groups is 1. The molecular weight excluding hydrogens is 292 g/mol. The molecule has 2 aromatic rings. The Kier molecular flexibility index (Phi) is 5.17. The van der Waals surface area contributed by atoms with E-state index in [9.17, 15) is 14.5 Å². The Labute approximate surface area is 125 Å². The van der Waals surface area contributed by atoms with Gasteiger partial charge in [0.05, 0.1) is 31.1 Å². The predicted octanol–water partition coefficient (Wildman–Crippen LogP) is 1.04. The zero-order chi connectivity index (χ0) is 15.9. The highest BCUT2D eigenvalue weighted by molar-refractivity contribution is 5.68. The molecular formula is C12H16N6O4. The number of aryl methyl sites for hydroxylation is 1. The lowest BCUT2D eigenvalue weighted by molar-refractivity contribution is 0.107. The number of hydrogen-bond donors (Lipinski definition) is 1. The number of aromatic nitrogens is 4. The fraction of sp³-hybridized carbons (Fsp3) is 0.500. The van der Waals surface area contributed by atoms with Crippen LogP contribution in [0, 0.1) is 4.91 Å². The molecule has 0 radical (unpaired) electrons. The molecule has 0 aliphatic heterocycles. The van der Waals surface area contributed by atoms with Crippen LogP contribution in [-0.4, -0.2) is 43.8 Å². The topological polar surface area (TPSA) is 123 Å². The third-order valence-electron chi connectivity index (χ3n) is 3.00. The van der Waals surface area contributed by atoms with E-state index in [2.05, 4.69) is 20.2 Å². The smallest absolute Gasteiger partial charge is 0.432 e. The first-order valence-corrected chi connectivity index (χ1v) is 6.83. The second-order valence-electron chi connectivity index (χ2n) is 4.45. The second kappa shape index (κ2) is 7.29. The predicted molar refractivity (Wildman–Crippen MR) is 76.9 cm³/mol. The minimum Gasteiger partial charge on any atom is -0.448 e. The van der Waals surface area contributed by atoms with Crippen molar-refractivity contribution in [2.24, 2.45) is 5.29 Å². The molecule has 1 N–H and O–H groups in total. The Bertz CT molecular complexity index is 709. The van der Waals surface area contributed by atoms with E-state index in [1.165, 1.54) is 12.7 Å². The van der Waals surface area contributed by atoms with Gasteiger partial charge in [-0.25, -0.2) is 14.8 Å². The fourth-order valence-corrected chi connectivity index (χ4v) is 1.96. The molecule has 0 aliphatic rings. The highest BCUT2D eigenvalue weighted by atomic mass is 16.6. The molecule has 10 heteroatoms. The van der Waals surface area contributed by atoms with Gasteiger partial charge in [0.25, 0.3) is 5.56 Å². The summed E-state index contributed by atoms with van der Waals surface area (Å²) in [4.78, 5) is 44.0. The summed E-state index contributed by atoms with van der Waals surface area (Å²) in [5.41, 5.74) is 0.493. The van der Waals surface area contributed by atoms with Crippen LogP contribution in [0.1, 0.15) is 19.8 Å². The Hall–Kier alpha value is -2.78. The highest BCUT2D eigenvalue weighted by Crippen LogP contribution is 2.07. The number of nitrogens with zero attached hydrogens (tertiary/aromatic N) is 5. The Morgan fingerprint density at radius 2 is 2.27 bits per heavy atom. The van der Waals surface area contributed by atoms with Crippen molar-refractivity contribution >= 4 is 17.3 Å². The molecule has 0 unspecified atom stereocenters. The molecule has 0 bridgehead atoms. The quantitative estimate of drug-likeness (QED) is 0.463. The summed E-state index contributed by atoms with van der Waals surface area (Å²) < 4.78 is 6.44. The van der Waals surface area contributed by atoms with Crippen molar-refractivity contribution < 1.29 is 9.53 Å². The van der Waals surface area contributed by atoms with Crippen LogP contribution in [0.5, 0.6) is 0 Å². The molecule has 0 aromatic carbocycles. The molecule has 0 atom stereocenters. The molecule has 10 nitrogen and oxygen atoms in total. The number of carbonyl (C=O) groups excluding carboxylic acids is 1. The van der Waals surface area contributed by atoms with Gasteiger partial charge in [-0.15, -0.1) is 4.91 Å². The van der Waals surface area contributed by atoms with Gasteiger partial charge >= 0.3 is 6.09 Å². The lowest BCUT2D eigenvalue weighted by Gasteiger charge is -2.12. The summed E-state index contributed by atoms with van der Waals surface area (Å²) in [5, 5.41) is 3.38. The van der Waals surface area contributed by atoms with Gasteiger partial charge in [0, 0.05) is 6.54 Å². The number of nitroso groups, excluding NO2 is 1. The number of amides is 1. The summed E-state index contributed by atoms with van der Waals surface area (Å²) in [6, 6.07) is 0. The largest absolute Gasteiger partial charge is 0.448 e. The lowest BCUT2D eigenvalue weighted by Crippen LogP contribution is -2.27. The van der Waals surface area contributed by atoms with Gasteiger partial charge < -0.3 is 14.3 Å². The van der Waals surface area contributed by atoms with Crippen molar-refractivity contribution in [2.75, 3.05) is 13.2 Å². The average Bonchev–Trinajstić information content (AvgIpc) is 2.92. The molecule has 2 aromatic heterocycles. The van der Waals surface area contributed by atoms with Gasteiger partial charge in [-0.05, 0) is 19.8 Å². The normalized spacial score (nSPS) is 10.6. The average molecular weight is 308 g/mol.